The van der Waals surface area contributed by atoms with Gasteiger partial charge >= 0.3 is 6.09 Å². The average Bonchev–Trinajstić information content (AvgIpc) is 3.15. The van der Waals surface area contributed by atoms with Gasteiger partial charge in [-0.15, -0.1) is 0 Å². The maximum Gasteiger partial charge on any atom is 0.410 e. The lowest BCUT2D eigenvalue weighted by atomic mass is 10.0. The third kappa shape index (κ3) is 3.98. The number of nitrogens with zero attached hydrogens (tertiary/aromatic N) is 3. The van der Waals surface area contributed by atoms with E-state index in [-0.39, 0.29) is 12.1 Å². The van der Waals surface area contributed by atoms with Crippen LogP contribution in [0, 0.1) is 0 Å². The molecule has 1 unspecified atom stereocenters. The molecule has 1 aromatic carbocycles. The molecule has 1 aliphatic rings. The van der Waals surface area contributed by atoms with E-state index in [0.717, 1.165) is 34.5 Å². The second-order valence-corrected chi connectivity index (χ2v) is 8.44. The van der Waals surface area contributed by atoms with E-state index in [0.29, 0.717) is 13.1 Å². The summed E-state index contributed by atoms with van der Waals surface area (Å²) in [4.78, 5) is 14.6. The Morgan fingerprint density at radius 1 is 1.20 bits per heavy atom. The zero-order valence-electron chi connectivity index (χ0n) is 17.9. The molecule has 1 fully saturated rings. The minimum Gasteiger partial charge on any atom is -0.496 e. The molecule has 1 saturated heterocycles. The fourth-order valence-electron chi connectivity index (χ4n) is 3.82. The maximum atomic E-state index is 12.8. The average molecular weight is 409 g/mol. The fourth-order valence-corrected chi connectivity index (χ4v) is 3.82. The first-order chi connectivity index (χ1) is 14.4. The number of ether oxygens (including phenoxy) is 2. The van der Waals surface area contributed by atoms with Gasteiger partial charge in [0.2, 0.25) is 0 Å². The normalized spacial score (nSPS) is 17.2. The Balaban J connectivity index is 1.68. The molecule has 1 atom stereocenters. The predicted octanol–water partition coefficient (Wildman–Crippen LogP) is 3.89. The number of hydrogen-bond acceptors (Lipinski definition) is 5. The first kappa shape index (κ1) is 20.2. The minimum atomic E-state index is -0.531. The minimum absolute atomic E-state index is 0.136. The third-order valence-corrected chi connectivity index (χ3v) is 5.19. The first-order valence-electron chi connectivity index (χ1n) is 10.2. The van der Waals surface area contributed by atoms with Crippen LogP contribution in [0.4, 0.5) is 4.79 Å². The lowest BCUT2D eigenvalue weighted by molar-refractivity contribution is 0.0119. The smallest absolute Gasteiger partial charge is 0.410 e. The number of piperazine rings is 1. The van der Waals surface area contributed by atoms with E-state index in [1.165, 1.54) is 0 Å². The molecule has 2 aromatic heterocycles. The third-order valence-electron chi connectivity index (χ3n) is 5.19. The number of carbonyl (C=O) groups excluding carboxylic acids is 1. The molecule has 0 saturated carbocycles. The second-order valence-electron chi connectivity index (χ2n) is 8.44. The van der Waals surface area contributed by atoms with E-state index in [4.69, 9.17) is 9.47 Å². The molecule has 0 spiro atoms. The van der Waals surface area contributed by atoms with Crippen LogP contribution in [0.5, 0.6) is 5.75 Å². The van der Waals surface area contributed by atoms with Gasteiger partial charge in [0.25, 0.3) is 0 Å². The Morgan fingerprint density at radius 3 is 2.77 bits per heavy atom. The van der Waals surface area contributed by atoms with Gasteiger partial charge in [0.1, 0.15) is 11.4 Å². The van der Waals surface area contributed by atoms with E-state index in [2.05, 4.69) is 16.5 Å². The number of hydrogen-bond donors (Lipinski definition) is 1. The van der Waals surface area contributed by atoms with Crippen LogP contribution in [-0.4, -0.2) is 53.0 Å². The summed E-state index contributed by atoms with van der Waals surface area (Å²) in [7, 11) is 1.67. The van der Waals surface area contributed by atoms with Gasteiger partial charge in [-0.1, -0.05) is 24.3 Å². The van der Waals surface area contributed by atoms with Crippen molar-refractivity contribution >= 4 is 11.6 Å². The topological polar surface area (TPSA) is 68.1 Å². The highest BCUT2D eigenvalue weighted by Crippen LogP contribution is 2.32. The number of amides is 1. The molecule has 158 valence electrons. The van der Waals surface area contributed by atoms with Gasteiger partial charge in [-0.25, -0.2) is 9.31 Å². The largest absolute Gasteiger partial charge is 0.496 e. The van der Waals surface area contributed by atoms with E-state index >= 15 is 0 Å². The molecule has 0 aliphatic carbocycles. The number of nitrogens with one attached hydrogen (secondary N) is 1. The van der Waals surface area contributed by atoms with Crippen molar-refractivity contribution < 1.29 is 14.3 Å². The van der Waals surface area contributed by atoms with E-state index in [9.17, 15) is 4.79 Å². The van der Waals surface area contributed by atoms with E-state index < -0.39 is 5.60 Å². The number of rotatable bonds is 3. The number of carbonyl (C=O) groups is 1. The molecule has 3 heterocycles. The summed E-state index contributed by atoms with van der Waals surface area (Å²) in [6.07, 6.45) is 3.54. The van der Waals surface area contributed by atoms with E-state index in [1.807, 2.05) is 68.0 Å². The van der Waals surface area contributed by atoms with Crippen molar-refractivity contribution in [2.24, 2.45) is 0 Å². The van der Waals surface area contributed by atoms with Crippen molar-refractivity contribution in [2.45, 2.75) is 32.4 Å². The van der Waals surface area contributed by atoms with Gasteiger partial charge < -0.3 is 14.8 Å². The standard InChI is InChI=1S/C23H28N4O3/c1-23(2,3)30-22(28)26-12-11-24-14-20(26)18-13-25-27-15-16(9-10-19(18)27)17-7-5-6-8-21(17)29-4/h5-10,13,15,20,24H,11-12,14H2,1-4H3. The molecule has 3 aromatic rings. The lowest BCUT2D eigenvalue weighted by Gasteiger charge is -2.36. The van der Waals surface area contributed by atoms with Crippen LogP contribution in [0.25, 0.3) is 16.6 Å². The van der Waals surface area contributed by atoms with E-state index in [1.54, 1.807) is 12.0 Å². The second kappa shape index (κ2) is 7.99. The van der Waals surface area contributed by atoms with Gasteiger partial charge in [0.05, 0.1) is 24.9 Å². The summed E-state index contributed by atoms with van der Waals surface area (Å²) < 4.78 is 13.0. The Morgan fingerprint density at radius 2 is 2.00 bits per heavy atom. The van der Waals surface area contributed by atoms with Crippen molar-refractivity contribution in [3.8, 4) is 16.9 Å². The fraction of sp³-hybridized carbons (Fsp3) is 0.391. The van der Waals surface area contributed by atoms with Gasteiger partial charge in [-0.05, 0) is 32.9 Å². The van der Waals surface area contributed by atoms with Crippen molar-refractivity contribution in [1.82, 2.24) is 19.8 Å². The Labute approximate surface area is 176 Å². The highest BCUT2D eigenvalue weighted by atomic mass is 16.6. The molecule has 7 heteroatoms. The summed E-state index contributed by atoms with van der Waals surface area (Å²) >= 11 is 0. The highest BCUT2D eigenvalue weighted by molar-refractivity contribution is 5.73. The van der Waals surface area contributed by atoms with Crippen LogP contribution in [0.1, 0.15) is 32.4 Å². The summed E-state index contributed by atoms with van der Waals surface area (Å²) in [5.41, 5.74) is 3.46. The highest BCUT2D eigenvalue weighted by Gasteiger charge is 2.33. The maximum absolute atomic E-state index is 12.8. The van der Waals surface area contributed by atoms with Crippen LogP contribution in [-0.2, 0) is 4.74 Å². The number of aromatic nitrogens is 2. The summed E-state index contributed by atoms with van der Waals surface area (Å²) in [5, 5.41) is 7.96. The van der Waals surface area contributed by atoms with Gasteiger partial charge in [-0.2, -0.15) is 5.10 Å². The zero-order chi connectivity index (χ0) is 21.3. The van der Waals surface area contributed by atoms with Crippen molar-refractivity contribution in [3.05, 3.63) is 54.4 Å². The first-order valence-corrected chi connectivity index (χ1v) is 10.2. The number of pyridine rings is 1. The quantitative estimate of drug-likeness (QED) is 0.712. The summed E-state index contributed by atoms with van der Waals surface area (Å²) in [6.45, 7) is 7.66. The monoisotopic (exact) mass is 408 g/mol. The Bertz CT molecular complexity index is 1050. The number of methoxy groups -OCH3 is 1. The van der Waals surface area contributed by atoms with Gasteiger partial charge in [-0.3, -0.25) is 4.90 Å². The molecule has 0 radical (unpaired) electrons. The van der Waals surface area contributed by atoms with Gasteiger partial charge in [0.15, 0.2) is 0 Å². The molecular formula is C23H28N4O3. The Kier molecular flexibility index (Phi) is 5.39. The molecule has 1 N–H and O–H groups in total. The van der Waals surface area contributed by atoms with Crippen LogP contribution in [0.3, 0.4) is 0 Å². The number of benzene rings is 1. The predicted molar refractivity (Wildman–Crippen MR) is 116 cm³/mol. The molecule has 1 aliphatic heterocycles. The molecule has 30 heavy (non-hydrogen) atoms. The molecule has 0 bridgehead atoms. The van der Waals surface area contributed by atoms with Crippen LogP contribution in [0.2, 0.25) is 0 Å². The van der Waals surface area contributed by atoms with Crippen LogP contribution >= 0.6 is 0 Å². The van der Waals surface area contributed by atoms with Crippen molar-refractivity contribution in [3.63, 3.8) is 0 Å². The number of fused-ring (bicyclic) bond motifs is 1. The molecule has 7 nitrogen and oxygen atoms in total. The summed E-state index contributed by atoms with van der Waals surface area (Å²) in [6, 6.07) is 11.9. The van der Waals surface area contributed by atoms with Crippen LogP contribution in [0.15, 0.2) is 48.8 Å². The summed E-state index contributed by atoms with van der Waals surface area (Å²) in [5.74, 6) is 0.816. The van der Waals surface area contributed by atoms with Crippen LogP contribution < -0.4 is 10.1 Å². The lowest BCUT2D eigenvalue weighted by Crippen LogP contribution is -2.50. The molecule has 1 amide bonds. The van der Waals surface area contributed by atoms with Crippen molar-refractivity contribution in [2.75, 3.05) is 26.7 Å². The van der Waals surface area contributed by atoms with Crippen molar-refractivity contribution in [1.29, 1.82) is 0 Å². The SMILES string of the molecule is COc1ccccc1-c1ccc2c(C3CNCCN3C(=O)OC(C)(C)C)cnn2c1. The molecular weight excluding hydrogens is 380 g/mol. The molecule has 4 rings (SSSR count). The van der Waals surface area contributed by atoms with Gasteiger partial charge in [0, 0.05) is 42.5 Å². The Hall–Kier alpha value is -3.06. The zero-order valence-corrected chi connectivity index (χ0v) is 17.9. The number of para-hydroxylation sites is 1.